The van der Waals surface area contributed by atoms with Crippen LogP contribution in [0.2, 0.25) is 5.02 Å². The van der Waals surface area contributed by atoms with Crippen LogP contribution in [-0.2, 0) is 10.5 Å². The molecule has 0 radical (unpaired) electrons. The maximum Gasteiger partial charge on any atom is 0.321 e. The van der Waals surface area contributed by atoms with Gasteiger partial charge < -0.3 is 9.15 Å². The first-order valence-corrected chi connectivity index (χ1v) is 11.4. The van der Waals surface area contributed by atoms with Crippen LogP contribution in [0.3, 0.4) is 0 Å². The molecule has 0 saturated heterocycles. The van der Waals surface area contributed by atoms with Crippen molar-refractivity contribution in [2.75, 3.05) is 5.75 Å². The van der Waals surface area contributed by atoms with Gasteiger partial charge in [-0.3, -0.25) is 9.59 Å². The van der Waals surface area contributed by atoms with Gasteiger partial charge in [-0.05, 0) is 48.9 Å². The van der Waals surface area contributed by atoms with Crippen LogP contribution >= 0.6 is 23.4 Å². The molecule has 168 valence electrons. The van der Waals surface area contributed by atoms with Gasteiger partial charge in [0.05, 0.1) is 21.7 Å². The zero-order valence-electron chi connectivity index (χ0n) is 17.4. The lowest BCUT2D eigenvalue weighted by atomic mass is 10.0. The monoisotopic (exact) mass is 486 g/mol. The number of aryl methyl sites for hydroxylation is 1. The quantitative estimate of drug-likeness (QED) is 0.229. The molecule has 4 rings (SSSR count). The van der Waals surface area contributed by atoms with E-state index in [4.69, 9.17) is 20.8 Å². The van der Waals surface area contributed by atoms with E-state index in [0.717, 1.165) is 5.56 Å². The van der Waals surface area contributed by atoms with Crippen molar-refractivity contribution in [3.05, 3.63) is 98.9 Å². The molecule has 0 atom stereocenters. The number of benzene rings is 3. The minimum Gasteiger partial charge on any atom is -0.460 e. The summed E-state index contributed by atoms with van der Waals surface area (Å²) in [5.74, 6) is -0.389. The molecule has 1 heterocycles. The molecule has 33 heavy (non-hydrogen) atoms. The van der Waals surface area contributed by atoms with E-state index in [1.807, 2.05) is 0 Å². The highest BCUT2D eigenvalue weighted by Crippen LogP contribution is 2.33. The summed E-state index contributed by atoms with van der Waals surface area (Å²) in [6.45, 7) is 1.55. The summed E-state index contributed by atoms with van der Waals surface area (Å²) in [6, 6.07) is 14.6. The van der Waals surface area contributed by atoms with Gasteiger partial charge in [0.15, 0.2) is 0 Å². The third-order valence-corrected chi connectivity index (χ3v) is 6.18. The predicted octanol–water partition coefficient (Wildman–Crippen LogP) is 6.54. The maximum absolute atomic E-state index is 14.4. The zero-order valence-corrected chi connectivity index (χ0v) is 18.9. The van der Waals surface area contributed by atoms with Crippen LogP contribution in [0.25, 0.3) is 22.1 Å². The molecule has 4 aromatic rings. The molecule has 0 unspecified atom stereocenters. The summed E-state index contributed by atoms with van der Waals surface area (Å²) >= 11 is 7.46. The van der Waals surface area contributed by atoms with Gasteiger partial charge in [0.2, 0.25) is 5.43 Å². The topological polar surface area (TPSA) is 56.5 Å². The second kappa shape index (κ2) is 9.77. The molecule has 0 bridgehead atoms. The van der Waals surface area contributed by atoms with Crippen molar-refractivity contribution in [1.29, 1.82) is 0 Å². The Hall–Kier alpha value is -3.16. The van der Waals surface area contributed by atoms with Crippen molar-refractivity contribution < 1.29 is 22.7 Å². The molecule has 0 fully saturated rings. The Morgan fingerprint density at radius 1 is 1.06 bits per heavy atom. The highest BCUT2D eigenvalue weighted by Gasteiger charge is 2.20. The fraction of sp³-hybridized carbons (Fsp3) is 0.120. The molecular weight excluding hydrogens is 470 g/mol. The molecule has 0 N–H and O–H groups in total. The Morgan fingerprint density at radius 2 is 1.82 bits per heavy atom. The Morgan fingerprint density at radius 3 is 2.55 bits per heavy atom. The average Bonchev–Trinajstić information content (AvgIpc) is 2.77. The molecule has 8 heteroatoms. The first-order chi connectivity index (χ1) is 15.8. The molecular formula is C25H17ClF2O4S. The second-order valence-electron chi connectivity index (χ2n) is 7.21. The van der Waals surface area contributed by atoms with Crippen LogP contribution < -0.4 is 10.2 Å². The number of hydrogen-bond donors (Lipinski definition) is 0. The van der Waals surface area contributed by atoms with Gasteiger partial charge in [-0.2, -0.15) is 0 Å². The van der Waals surface area contributed by atoms with Crippen LogP contribution in [0.1, 0.15) is 11.3 Å². The standard InChI is InChI=1S/C25H17ClF2O4S/c1-14-23(24-19(26)3-2-4-20(24)28)25(30)18-10-9-17(11-21(18)31-14)32-22(29)13-33-12-15-5-7-16(27)8-6-15/h2-11H,12-13H2,1H3. The van der Waals surface area contributed by atoms with Crippen LogP contribution in [0.15, 0.2) is 69.9 Å². The van der Waals surface area contributed by atoms with E-state index in [9.17, 15) is 18.4 Å². The number of esters is 1. The minimum atomic E-state index is -0.624. The van der Waals surface area contributed by atoms with Crippen molar-refractivity contribution in [3.8, 4) is 16.9 Å². The van der Waals surface area contributed by atoms with Crippen molar-refractivity contribution >= 4 is 40.3 Å². The number of fused-ring (bicyclic) bond motifs is 1. The number of thioether (sulfide) groups is 1. The first-order valence-electron chi connectivity index (χ1n) is 9.88. The summed E-state index contributed by atoms with van der Waals surface area (Å²) in [4.78, 5) is 25.3. The van der Waals surface area contributed by atoms with Crippen molar-refractivity contribution in [3.63, 3.8) is 0 Å². The first kappa shape index (κ1) is 23.0. The van der Waals surface area contributed by atoms with E-state index >= 15 is 0 Å². The Balaban J connectivity index is 1.52. The molecule has 4 nitrogen and oxygen atoms in total. The van der Waals surface area contributed by atoms with E-state index in [1.54, 1.807) is 19.1 Å². The molecule has 0 aliphatic carbocycles. The fourth-order valence-electron chi connectivity index (χ4n) is 3.37. The highest BCUT2D eigenvalue weighted by atomic mass is 35.5. The lowest BCUT2D eigenvalue weighted by molar-refractivity contribution is -0.131. The van der Waals surface area contributed by atoms with Gasteiger partial charge in [-0.15, -0.1) is 11.8 Å². The van der Waals surface area contributed by atoms with Gasteiger partial charge in [-0.1, -0.05) is 29.8 Å². The van der Waals surface area contributed by atoms with E-state index < -0.39 is 17.2 Å². The Labute approximate surface area is 197 Å². The highest BCUT2D eigenvalue weighted by molar-refractivity contribution is 7.99. The van der Waals surface area contributed by atoms with E-state index in [-0.39, 0.29) is 50.2 Å². The minimum absolute atomic E-state index is 0.0130. The third kappa shape index (κ3) is 5.10. The number of carbonyl (C=O) groups is 1. The van der Waals surface area contributed by atoms with Crippen molar-refractivity contribution in [2.24, 2.45) is 0 Å². The van der Waals surface area contributed by atoms with E-state index in [1.165, 1.54) is 60.3 Å². The normalized spacial score (nSPS) is 11.0. The van der Waals surface area contributed by atoms with Crippen LogP contribution in [0, 0.1) is 18.6 Å². The summed E-state index contributed by atoms with van der Waals surface area (Å²) in [7, 11) is 0. The molecule has 1 aromatic heterocycles. The largest absolute Gasteiger partial charge is 0.460 e. The van der Waals surface area contributed by atoms with E-state index in [2.05, 4.69) is 0 Å². The summed E-state index contributed by atoms with van der Waals surface area (Å²) < 4.78 is 38.4. The molecule has 3 aromatic carbocycles. The molecule has 0 aliphatic heterocycles. The number of hydrogen-bond acceptors (Lipinski definition) is 5. The molecule has 0 saturated carbocycles. The third-order valence-electron chi connectivity index (χ3n) is 4.89. The van der Waals surface area contributed by atoms with Gasteiger partial charge >= 0.3 is 5.97 Å². The predicted molar refractivity (Wildman–Crippen MR) is 126 cm³/mol. The smallest absolute Gasteiger partial charge is 0.321 e. The molecule has 0 spiro atoms. The Kier molecular flexibility index (Phi) is 6.81. The lowest BCUT2D eigenvalue weighted by Gasteiger charge is -2.10. The average molecular weight is 487 g/mol. The van der Waals surface area contributed by atoms with Crippen molar-refractivity contribution in [1.82, 2.24) is 0 Å². The van der Waals surface area contributed by atoms with Gasteiger partial charge in [0, 0.05) is 17.4 Å². The summed E-state index contributed by atoms with van der Waals surface area (Å²) in [6.07, 6.45) is 0. The second-order valence-corrected chi connectivity index (χ2v) is 8.60. The number of ether oxygens (including phenoxy) is 1. The fourth-order valence-corrected chi connectivity index (χ4v) is 4.38. The maximum atomic E-state index is 14.4. The number of halogens is 3. The van der Waals surface area contributed by atoms with Crippen LogP contribution in [-0.4, -0.2) is 11.7 Å². The van der Waals surface area contributed by atoms with Gasteiger partial charge in [0.25, 0.3) is 0 Å². The molecule has 0 aliphatic rings. The van der Waals surface area contributed by atoms with Gasteiger partial charge in [-0.25, -0.2) is 8.78 Å². The SMILES string of the molecule is Cc1oc2cc(OC(=O)CSCc3ccc(F)cc3)ccc2c(=O)c1-c1c(F)cccc1Cl. The summed E-state index contributed by atoms with van der Waals surface area (Å²) in [5.41, 5.74) is 0.697. The van der Waals surface area contributed by atoms with E-state index in [0.29, 0.717) is 5.75 Å². The zero-order chi connectivity index (χ0) is 23.5. The van der Waals surface area contributed by atoms with Gasteiger partial charge in [0.1, 0.15) is 28.7 Å². The lowest BCUT2D eigenvalue weighted by Crippen LogP contribution is -2.12. The Bertz CT molecular complexity index is 1380. The van der Waals surface area contributed by atoms with Crippen molar-refractivity contribution in [2.45, 2.75) is 12.7 Å². The number of rotatable bonds is 6. The number of carbonyl (C=O) groups excluding carboxylic acids is 1. The molecule has 0 amide bonds. The van der Waals surface area contributed by atoms with Crippen LogP contribution in [0.5, 0.6) is 5.75 Å². The van der Waals surface area contributed by atoms with Crippen LogP contribution in [0.4, 0.5) is 8.78 Å². The summed E-state index contributed by atoms with van der Waals surface area (Å²) in [5, 5.41) is 0.314.